The highest BCUT2D eigenvalue weighted by Gasteiger charge is 2.26. The first-order valence-electron chi connectivity index (χ1n) is 7.23. The molecule has 0 bridgehead atoms. The number of hydrogen-bond acceptors (Lipinski definition) is 3. The second-order valence-electron chi connectivity index (χ2n) is 5.30. The molecule has 0 aliphatic heterocycles. The molecule has 1 atom stereocenters. The molecule has 3 heteroatoms. The predicted molar refractivity (Wildman–Crippen MR) is 77.9 cm³/mol. The Morgan fingerprint density at radius 3 is 2.53 bits per heavy atom. The van der Waals surface area contributed by atoms with Crippen LogP contribution in [0.3, 0.4) is 0 Å². The molecule has 2 rings (SSSR count). The van der Waals surface area contributed by atoms with Crippen LogP contribution in [0.15, 0.2) is 18.2 Å². The molecule has 3 nitrogen and oxygen atoms in total. The minimum atomic E-state index is 0.437. The molecule has 1 unspecified atom stereocenters. The second kappa shape index (κ2) is 6.80. The quantitative estimate of drug-likeness (QED) is 0.778. The first-order chi connectivity index (χ1) is 9.28. The summed E-state index contributed by atoms with van der Waals surface area (Å²) in [7, 11) is 3.37. The molecule has 1 aliphatic rings. The Labute approximate surface area is 116 Å². The molecule has 1 saturated carbocycles. The van der Waals surface area contributed by atoms with Gasteiger partial charge in [0.25, 0.3) is 0 Å². The minimum Gasteiger partial charge on any atom is -0.493 e. The van der Waals surface area contributed by atoms with E-state index in [0.29, 0.717) is 6.04 Å². The summed E-state index contributed by atoms with van der Waals surface area (Å²) in [5.74, 6) is 2.52. The van der Waals surface area contributed by atoms with Gasteiger partial charge in [-0.15, -0.1) is 0 Å². The summed E-state index contributed by atoms with van der Waals surface area (Å²) in [5, 5.41) is 3.65. The summed E-state index contributed by atoms with van der Waals surface area (Å²) < 4.78 is 10.7. The molecule has 0 spiro atoms. The van der Waals surface area contributed by atoms with Gasteiger partial charge in [-0.1, -0.05) is 25.8 Å². The van der Waals surface area contributed by atoms with Crippen LogP contribution >= 0.6 is 0 Å². The highest BCUT2D eigenvalue weighted by Crippen LogP contribution is 2.39. The number of hydrogen-bond donors (Lipinski definition) is 1. The monoisotopic (exact) mass is 263 g/mol. The van der Waals surface area contributed by atoms with Crippen LogP contribution < -0.4 is 14.8 Å². The van der Waals surface area contributed by atoms with Crippen molar-refractivity contribution in [2.45, 2.75) is 38.6 Å². The lowest BCUT2D eigenvalue weighted by Crippen LogP contribution is -2.22. The molecule has 1 aliphatic carbocycles. The maximum absolute atomic E-state index is 5.40. The average molecular weight is 263 g/mol. The Bertz CT molecular complexity index is 402. The number of nitrogens with one attached hydrogen (secondary N) is 1. The fourth-order valence-electron chi connectivity index (χ4n) is 2.41. The number of rotatable bonds is 8. The number of methoxy groups -OCH3 is 2. The summed E-state index contributed by atoms with van der Waals surface area (Å²) in [5.41, 5.74) is 1.30. The molecule has 1 fully saturated rings. The zero-order valence-electron chi connectivity index (χ0n) is 12.2. The van der Waals surface area contributed by atoms with E-state index in [1.807, 2.05) is 6.07 Å². The standard InChI is InChI=1S/C16H25NO2/c1-4-9-17-14(10-12-5-6-12)13-7-8-15(18-2)16(11-13)19-3/h7-8,11-12,14,17H,4-6,9-10H2,1-3H3. The van der Waals surface area contributed by atoms with E-state index in [1.54, 1.807) is 14.2 Å². The molecule has 1 aromatic rings. The van der Waals surface area contributed by atoms with Crippen molar-refractivity contribution in [2.75, 3.05) is 20.8 Å². The van der Waals surface area contributed by atoms with E-state index in [1.165, 1.54) is 24.8 Å². The summed E-state index contributed by atoms with van der Waals surface area (Å²) in [6.07, 6.45) is 5.17. The van der Waals surface area contributed by atoms with Gasteiger partial charge in [0, 0.05) is 6.04 Å². The lowest BCUT2D eigenvalue weighted by atomic mass is 10.0. The Balaban J connectivity index is 2.14. The Hall–Kier alpha value is -1.22. The molecular weight excluding hydrogens is 238 g/mol. The second-order valence-corrected chi connectivity index (χ2v) is 5.30. The van der Waals surface area contributed by atoms with Gasteiger partial charge in [0.1, 0.15) is 0 Å². The van der Waals surface area contributed by atoms with E-state index in [2.05, 4.69) is 24.4 Å². The van der Waals surface area contributed by atoms with Crippen LogP contribution in [0.2, 0.25) is 0 Å². The lowest BCUT2D eigenvalue weighted by Gasteiger charge is -2.20. The van der Waals surface area contributed by atoms with Gasteiger partial charge in [-0.05, 0) is 43.0 Å². The number of ether oxygens (including phenoxy) is 2. The smallest absolute Gasteiger partial charge is 0.161 e. The van der Waals surface area contributed by atoms with Crippen LogP contribution in [-0.2, 0) is 0 Å². The van der Waals surface area contributed by atoms with Crippen LogP contribution in [-0.4, -0.2) is 20.8 Å². The maximum Gasteiger partial charge on any atom is 0.161 e. The Morgan fingerprint density at radius 2 is 1.95 bits per heavy atom. The van der Waals surface area contributed by atoms with Crippen molar-refractivity contribution in [3.05, 3.63) is 23.8 Å². The van der Waals surface area contributed by atoms with E-state index >= 15 is 0 Å². The van der Waals surface area contributed by atoms with E-state index in [4.69, 9.17) is 9.47 Å². The molecule has 0 aromatic heterocycles. The van der Waals surface area contributed by atoms with Gasteiger partial charge in [-0.25, -0.2) is 0 Å². The van der Waals surface area contributed by atoms with Crippen molar-refractivity contribution < 1.29 is 9.47 Å². The van der Waals surface area contributed by atoms with Gasteiger partial charge in [0.05, 0.1) is 14.2 Å². The van der Waals surface area contributed by atoms with Gasteiger partial charge < -0.3 is 14.8 Å². The SMILES string of the molecule is CCCNC(CC1CC1)c1ccc(OC)c(OC)c1. The van der Waals surface area contributed by atoms with E-state index < -0.39 is 0 Å². The summed E-state index contributed by atoms with van der Waals surface area (Å²) in [4.78, 5) is 0. The minimum absolute atomic E-state index is 0.437. The fourth-order valence-corrected chi connectivity index (χ4v) is 2.41. The van der Waals surface area contributed by atoms with Crippen molar-refractivity contribution in [1.82, 2.24) is 5.32 Å². The number of benzene rings is 1. The van der Waals surface area contributed by atoms with E-state index in [9.17, 15) is 0 Å². The largest absolute Gasteiger partial charge is 0.493 e. The molecule has 0 saturated heterocycles. The molecule has 1 aromatic carbocycles. The van der Waals surface area contributed by atoms with Crippen molar-refractivity contribution in [3.8, 4) is 11.5 Å². The van der Waals surface area contributed by atoms with Crippen LogP contribution in [0.5, 0.6) is 11.5 Å². The zero-order valence-corrected chi connectivity index (χ0v) is 12.2. The predicted octanol–water partition coefficient (Wildman–Crippen LogP) is 3.54. The lowest BCUT2D eigenvalue weighted by molar-refractivity contribution is 0.353. The molecular formula is C16H25NO2. The highest BCUT2D eigenvalue weighted by molar-refractivity contribution is 5.43. The van der Waals surface area contributed by atoms with Crippen molar-refractivity contribution in [1.29, 1.82) is 0 Å². The first-order valence-corrected chi connectivity index (χ1v) is 7.23. The molecule has 0 heterocycles. The van der Waals surface area contributed by atoms with Gasteiger partial charge >= 0.3 is 0 Å². The van der Waals surface area contributed by atoms with Crippen LogP contribution in [0, 0.1) is 5.92 Å². The molecule has 0 radical (unpaired) electrons. The molecule has 19 heavy (non-hydrogen) atoms. The van der Waals surface area contributed by atoms with Crippen molar-refractivity contribution in [2.24, 2.45) is 5.92 Å². The Morgan fingerprint density at radius 1 is 1.21 bits per heavy atom. The van der Waals surface area contributed by atoms with Gasteiger partial charge in [-0.3, -0.25) is 0 Å². The highest BCUT2D eigenvalue weighted by atomic mass is 16.5. The summed E-state index contributed by atoms with van der Waals surface area (Å²) in [6.45, 7) is 3.27. The van der Waals surface area contributed by atoms with Crippen LogP contribution in [0.4, 0.5) is 0 Å². The average Bonchev–Trinajstić information content (AvgIpc) is 3.26. The molecule has 0 amide bonds. The molecule has 106 valence electrons. The fraction of sp³-hybridized carbons (Fsp3) is 0.625. The van der Waals surface area contributed by atoms with Crippen LogP contribution in [0.1, 0.15) is 44.2 Å². The topological polar surface area (TPSA) is 30.5 Å². The summed E-state index contributed by atoms with van der Waals surface area (Å²) >= 11 is 0. The zero-order chi connectivity index (χ0) is 13.7. The van der Waals surface area contributed by atoms with E-state index in [0.717, 1.165) is 30.4 Å². The van der Waals surface area contributed by atoms with Crippen molar-refractivity contribution >= 4 is 0 Å². The third-order valence-corrected chi connectivity index (χ3v) is 3.72. The maximum atomic E-state index is 5.40. The van der Waals surface area contributed by atoms with Gasteiger partial charge in [-0.2, -0.15) is 0 Å². The summed E-state index contributed by atoms with van der Waals surface area (Å²) in [6, 6.07) is 6.69. The first kappa shape index (κ1) is 14.2. The van der Waals surface area contributed by atoms with Gasteiger partial charge in [0.2, 0.25) is 0 Å². The third kappa shape index (κ3) is 3.87. The molecule has 1 N–H and O–H groups in total. The third-order valence-electron chi connectivity index (χ3n) is 3.72. The Kier molecular flexibility index (Phi) is 5.08. The normalized spacial score (nSPS) is 16.2. The van der Waals surface area contributed by atoms with Crippen LogP contribution in [0.25, 0.3) is 0 Å². The van der Waals surface area contributed by atoms with E-state index in [-0.39, 0.29) is 0 Å². The van der Waals surface area contributed by atoms with Crippen molar-refractivity contribution in [3.63, 3.8) is 0 Å². The van der Waals surface area contributed by atoms with Gasteiger partial charge in [0.15, 0.2) is 11.5 Å².